The van der Waals surface area contributed by atoms with Crippen molar-refractivity contribution in [2.45, 2.75) is 13.8 Å². The zero-order valence-corrected chi connectivity index (χ0v) is 11.6. The van der Waals surface area contributed by atoms with E-state index in [1.165, 1.54) is 0 Å². The van der Waals surface area contributed by atoms with Crippen molar-refractivity contribution in [2.75, 3.05) is 0 Å². The van der Waals surface area contributed by atoms with E-state index in [-0.39, 0.29) is 0 Å². The van der Waals surface area contributed by atoms with Crippen molar-refractivity contribution in [1.29, 1.82) is 0 Å². The average molecular weight is 219 g/mol. The van der Waals surface area contributed by atoms with Crippen molar-refractivity contribution < 1.29 is 0 Å². The Balaban J connectivity index is 2.92. The number of fused-ring (bicyclic) bond motifs is 1. The van der Waals surface area contributed by atoms with E-state index in [1.807, 2.05) is 23.4 Å². The molecule has 60 valence electrons. The Labute approximate surface area is 80.2 Å². The second-order valence-corrected chi connectivity index (χ2v) is 4.64. The van der Waals surface area contributed by atoms with Crippen molar-refractivity contribution in [3.8, 4) is 0 Å². The summed E-state index contributed by atoms with van der Waals surface area (Å²) >= 11 is 0.516. The van der Waals surface area contributed by atoms with E-state index < -0.39 is 0 Å². The molecule has 2 aromatic rings. The van der Waals surface area contributed by atoms with Crippen LogP contribution in [0.3, 0.4) is 0 Å². The van der Waals surface area contributed by atoms with Gasteiger partial charge in [0.15, 0.2) is 0 Å². The molecule has 2 heterocycles. The molecule has 0 saturated carbocycles. The Morgan fingerprint density at radius 3 is 2.83 bits per heavy atom. The van der Waals surface area contributed by atoms with Crippen LogP contribution in [-0.2, 0) is 0 Å². The molecule has 0 aliphatic carbocycles. The van der Waals surface area contributed by atoms with Crippen molar-refractivity contribution in [2.24, 2.45) is 0 Å². The fourth-order valence-electron chi connectivity index (χ4n) is 1.30. The molecule has 2 rings (SSSR count). The summed E-state index contributed by atoms with van der Waals surface area (Å²) in [5.41, 5.74) is 2.01. The van der Waals surface area contributed by atoms with Crippen LogP contribution in [0.5, 0.6) is 0 Å². The van der Waals surface area contributed by atoms with Crippen LogP contribution in [-0.4, -0.2) is 37.3 Å². The maximum atomic E-state index is 4.33. The summed E-state index contributed by atoms with van der Waals surface area (Å²) < 4.78 is 1.95. The van der Waals surface area contributed by atoms with Gasteiger partial charge in [0.1, 0.15) is 0 Å². The summed E-state index contributed by atoms with van der Waals surface area (Å²) in [6.07, 6.45) is 1.84. The van der Waals surface area contributed by atoms with Gasteiger partial charge in [-0.05, 0) is 0 Å². The predicted octanol–water partition coefficient (Wildman–Crippen LogP) is -0.161. The SMILES string of the molecule is Cc1nc(C)c2cn[n]([GaH2])c2n1. The van der Waals surface area contributed by atoms with E-state index in [0.29, 0.717) is 18.8 Å². The normalized spacial score (nSPS) is 10.8. The standard InChI is InChI=1S/C7H7N4.Ga.2H/c1-4-6-3-8-11-7(6)10-5(2)9-4;;;/h3H,1-2H3;;;/q-1;+1;;. The molecule has 0 aliphatic rings. The molecule has 0 unspecified atom stereocenters. The molecule has 0 spiro atoms. The van der Waals surface area contributed by atoms with Crippen molar-refractivity contribution in [3.05, 3.63) is 17.7 Å². The van der Waals surface area contributed by atoms with Crippen LogP contribution in [0, 0.1) is 13.8 Å². The van der Waals surface area contributed by atoms with E-state index in [1.54, 1.807) is 0 Å². The molecule has 0 atom stereocenters. The van der Waals surface area contributed by atoms with Gasteiger partial charge in [-0.2, -0.15) is 0 Å². The summed E-state index contributed by atoms with van der Waals surface area (Å²) in [6.45, 7) is 3.90. The van der Waals surface area contributed by atoms with Gasteiger partial charge in [-0.3, -0.25) is 0 Å². The monoisotopic (exact) mass is 218 g/mol. The van der Waals surface area contributed by atoms with E-state index in [0.717, 1.165) is 22.6 Å². The van der Waals surface area contributed by atoms with Gasteiger partial charge < -0.3 is 0 Å². The zero-order valence-electron chi connectivity index (χ0n) is 7.37. The first kappa shape index (κ1) is 7.82. The van der Waals surface area contributed by atoms with Crippen molar-refractivity contribution >= 4 is 29.9 Å². The molecule has 5 heteroatoms. The maximum absolute atomic E-state index is 4.33. The predicted molar refractivity (Wildman–Crippen MR) is 48.7 cm³/mol. The molecule has 2 aromatic heterocycles. The molecule has 0 radical (unpaired) electrons. The summed E-state index contributed by atoms with van der Waals surface area (Å²) in [4.78, 5) is 8.60. The molecular formula is C7H9GaN4. The van der Waals surface area contributed by atoms with Gasteiger partial charge in [-0.1, -0.05) is 0 Å². The number of hydrogen-bond donors (Lipinski definition) is 0. The third-order valence-electron chi connectivity index (χ3n) is 1.89. The first-order chi connectivity index (χ1) is 5.68. The van der Waals surface area contributed by atoms with Crippen LogP contribution in [0.4, 0.5) is 0 Å². The number of hydrogen-bond acceptors (Lipinski definition) is 3. The van der Waals surface area contributed by atoms with Crippen molar-refractivity contribution in [3.63, 3.8) is 0 Å². The Morgan fingerprint density at radius 1 is 1.33 bits per heavy atom. The molecule has 0 N–H and O–H groups in total. The summed E-state index contributed by atoms with van der Waals surface area (Å²) in [5.74, 6) is 0.825. The molecule has 0 fully saturated rings. The first-order valence-electron chi connectivity index (χ1n) is 3.81. The van der Waals surface area contributed by atoms with E-state index in [9.17, 15) is 0 Å². The van der Waals surface area contributed by atoms with E-state index >= 15 is 0 Å². The first-order valence-corrected chi connectivity index (χ1v) is 5.69. The second-order valence-electron chi connectivity index (χ2n) is 2.86. The Hall–Kier alpha value is -0.814. The number of aromatic nitrogens is 4. The number of rotatable bonds is 0. The molecule has 12 heavy (non-hydrogen) atoms. The molecule has 0 aliphatic heterocycles. The summed E-state index contributed by atoms with van der Waals surface area (Å²) in [7, 11) is 0. The number of nitrogens with zero attached hydrogens (tertiary/aromatic N) is 4. The van der Waals surface area contributed by atoms with Crippen LogP contribution in [0.25, 0.3) is 11.0 Å². The Kier molecular flexibility index (Phi) is 1.69. The van der Waals surface area contributed by atoms with Gasteiger partial charge in [0, 0.05) is 0 Å². The van der Waals surface area contributed by atoms with Crippen LogP contribution in [0.15, 0.2) is 6.20 Å². The average Bonchev–Trinajstić information content (AvgIpc) is 2.33. The molecule has 0 saturated heterocycles. The minimum absolute atomic E-state index is 0.516. The topological polar surface area (TPSA) is 43.6 Å². The van der Waals surface area contributed by atoms with Gasteiger partial charge in [-0.15, -0.1) is 0 Å². The third kappa shape index (κ3) is 1.05. The Bertz CT molecular complexity index is 434. The van der Waals surface area contributed by atoms with Crippen molar-refractivity contribution in [1.82, 2.24) is 18.5 Å². The second kappa shape index (κ2) is 2.60. The van der Waals surface area contributed by atoms with Gasteiger partial charge in [-0.25, -0.2) is 0 Å². The van der Waals surface area contributed by atoms with Crippen LogP contribution < -0.4 is 0 Å². The van der Waals surface area contributed by atoms with Gasteiger partial charge in [0.25, 0.3) is 0 Å². The summed E-state index contributed by atoms with van der Waals surface area (Å²) in [6, 6.07) is 0. The fraction of sp³-hybridized carbons (Fsp3) is 0.286. The number of aryl methyl sites for hydroxylation is 2. The van der Waals surface area contributed by atoms with Crippen LogP contribution >= 0.6 is 0 Å². The van der Waals surface area contributed by atoms with Crippen LogP contribution in [0.1, 0.15) is 11.5 Å². The molecule has 0 bridgehead atoms. The van der Waals surface area contributed by atoms with Crippen LogP contribution in [0.2, 0.25) is 0 Å². The Morgan fingerprint density at radius 2 is 2.08 bits per heavy atom. The minimum atomic E-state index is 0.516. The van der Waals surface area contributed by atoms with Gasteiger partial charge in [0.2, 0.25) is 0 Å². The molecule has 0 aromatic carbocycles. The van der Waals surface area contributed by atoms with Gasteiger partial charge in [0.05, 0.1) is 0 Å². The molecule has 4 nitrogen and oxygen atoms in total. The molecule has 0 amide bonds. The van der Waals surface area contributed by atoms with E-state index in [2.05, 4.69) is 15.1 Å². The third-order valence-corrected chi connectivity index (χ3v) is 3.27. The molecular weight excluding hydrogens is 210 g/mol. The van der Waals surface area contributed by atoms with E-state index in [4.69, 9.17) is 0 Å². The summed E-state index contributed by atoms with van der Waals surface area (Å²) in [5, 5.41) is 5.27. The quantitative estimate of drug-likeness (QED) is 0.578. The van der Waals surface area contributed by atoms with Gasteiger partial charge >= 0.3 is 79.9 Å². The zero-order chi connectivity index (χ0) is 8.72. The fourth-order valence-corrected chi connectivity index (χ4v) is 2.26.